The SMILES string of the molecule is COc1cc(/C=C/C(=O)Nc2c(C)nn(Cc3cccc(F)c3)c2C)ccc1OC(C)C. The number of methoxy groups -OCH3 is 1. The third-order valence-corrected chi connectivity index (χ3v) is 4.83. The van der Waals surface area contributed by atoms with Crippen molar-refractivity contribution in [3.63, 3.8) is 0 Å². The zero-order chi connectivity index (χ0) is 23.3. The number of aromatic nitrogens is 2. The van der Waals surface area contributed by atoms with Crippen LogP contribution < -0.4 is 14.8 Å². The van der Waals surface area contributed by atoms with E-state index in [-0.39, 0.29) is 17.8 Å². The summed E-state index contributed by atoms with van der Waals surface area (Å²) in [6.07, 6.45) is 3.20. The zero-order valence-corrected chi connectivity index (χ0v) is 19.0. The standard InChI is InChI=1S/C25H28FN3O3/c1-16(2)32-22-11-9-19(14-23(22)31-5)10-12-24(30)27-25-17(3)28-29(18(25)4)15-20-7-6-8-21(26)13-20/h6-14,16H,15H2,1-5H3,(H,27,30)/b12-10+. The van der Waals surface area contributed by atoms with Crippen molar-refractivity contribution in [3.8, 4) is 11.5 Å². The molecular formula is C25H28FN3O3. The first kappa shape index (κ1) is 23.1. The zero-order valence-electron chi connectivity index (χ0n) is 19.0. The van der Waals surface area contributed by atoms with Crippen LogP contribution in [0, 0.1) is 19.7 Å². The average Bonchev–Trinajstić information content (AvgIpc) is 3.00. The fraction of sp³-hybridized carbons (Fsp3) is 0.280. The van der Waals surface area contributed by atoms with E-state index in [9.17, 15) is 9.18 Å². The van der Waals surface area contributed by atoms with E-state index in [1.54, 1.807) is 23.9 Å². The molecule has 1 aromatic heterocycles. The third-order valence-electron chi connectivity index (χ3n) is 4.83. The van der Waals surface area contributed by atoms with E-state index in [1.165, 1.54) is 18.2 Å². The smallest absolute Gasteiger partial charge is 0.248 e. The summed E-state index contributed by atoms with van der Waals surface area (Å²) in [6, 6.07) is 11.9. The molecule has 1 amide bonds. The molecule has 0 saturated carbocycles. The van der Waals surface area contributed by atoms with Gasteiger partial charge in [-0.3, -0.25) is 9.48 Å². The van der Waals surface area contributed by atoms with Crippen LogP contribution in [0.3, 0.4) is 0 Å². The molecule has 168 valence electrons. The Labute approximate surface area is 187 Å². The summed E-state index contributed by atoms with van der Waals surface area (Å²) < 4.78 is 26.3. The maximum Gasteiger partial charge on any atom is 0.248 e. The fourth-order valence-electron chi connectivity index (χ4n) is 3.32. The lowest BCUT2D eigenvalue weighted by molar-refractivity contribution is -0.111. The minimum Gasteiger partial charge on any atom is -0.493 e. The van der Waals surface area contributed by atoms with E-state index in [0.717, 1.165) is 16.8 Å². The highest BCUT2D eigenvalue weighted by Crippen LogP contribution is 2.29. The number of benzene rings is 2. The van der Waals surface area contributed by atoms with Crippen molar-refractivity contribution in [3.05, 3.63) is 76.9 Å². The van der Waals surface area contributed by atoms with Crippen molar-refractivity contribution in [2.45, 2.75) is 40.3 Å². The number of carbonyl (C=O) groups excluding carboxylic acids is 1. The molecule has 0 aliphatic rings. The predicted molar refractivity (Wildman–Crippen MR) is 124 cm³/mol. The van der Waals surface area contributed by atoms with Crippen LogP contribution in [-0.2, 0) is 11.3 Å². The second-order valence-electron chi connectivity index (χ2n) is 7.73. The fourth-order valence-corrected chi connectivity index (χ4v) is 3.32. The highest BCUT2D eigenvalue weighted by Gasteiger charge is 2.14. The summed E-state index contributed by atoms with van der Waals surface area (Å²) in [7, 11) is 1.58. The van der Waals surface area contributed by atoms with Gasteiger partial charge in [0.15, 0.2) is 11.5 Å². The summed E-state index contributed by atoms with van der Waals surface area (Å²) in [6.45, 7) is 8.01. The number of nitrogens with zero attached hydrogens (tertiary/aromatic N) is 2. The molecule has 0 saturated heterocycles. The van der Waals surface area contributed by atoms with E-state index < -0.39 is 0 Å². The first-order chi connectivity index (χ1) is 15.3. The lowest BCUT2D eigenvalue weighted by Crippen LogP contribution is -2.10. The first-order valence-electron chi connectivity index (χ1n) is 10.4. The quantitative estimate of drug-likeness (QED) is 0.496. The van der Waals surface area contributed by atoms with E-state index in [4.69, 9.17) is 9.47 Å². The minimum absolute atomic E-state index is 0.0318. The Morgan fingerprint density at radius 2 is 1.97 bits per heavy atom. The van der Waals surface area contributed by atoms with E-state index >= 15 is 0 Å². The van der Waals surface area contributed by atoms with Crippen molar-refractivity contribution >= 4 is 17.7 Å². The van der Waals surface area contributed by atoms with Gasteiger partial charge < -0.3 is 14.8 Å². The van der Waals surface area contributed by atoms with Crippen LogP contribution in [0.5, 0.6) is 11.5 Å². The maximum absolute atomic E-state index is 13.5. The minimum atomic E-state index is -0.289. The number of anilines is 1. The number of hydrogen-bond donors (Lipinski definition) is 1. The van der Waals surface area contributed by atoms with Crippen molar-refractivity contribution < 1.29 is 18.7 Å². The Hall–Kier alpha value is -3.61. The Morgan fingerprint density at radius 3 is 2.66 bits per heavy atom. The number of halogens is 1. The molecule has 1 heterocycles. The number of ether oxygens (including phenoxy) is 2. The number of hydrogen-bond acceptors (Lipinski definition) is 4. The van der Waals surface area contributed by atoms with Crippen molar-refractivity contribution in [2.24, 2.45) is 0 Å². The lowest BCUT2D eigenvalue weighted by Gasteiger charge is -2.13. The largest absolute Gasteiger partial charge is 0.493 e. The Bertz CT molecular complexity index is 1140. The molecule has 3 aromatic rings. The van der Waals surface area contributed by atoms with Gasteiger partial charge in [-0.15, -0.1) is 0 Å². The number of rotatable bonds is 8. The van der Waals surface area contributed by atoms with Gasteiger partial charge in [-0.25, -0.2) is 4.39 Å². The predicted octanol–water partition coefficient (Wildman–Crippen LogP) is 5.14. The summed E-state index contributed by atoms with van der Waals surface area (Å²) in [5, 5.41) is 7.38. The molecule has 7 heteroatoms. The molecule has 1 N–H and O–H groups in total. The van der Waals surface area contributed by atoms with Crippen LogP contribution in [-0.4, -0.2) is 28.9 Å². The molecule has 32 heavy (non-hydrogen) atoms. The second-order valence-corrected chi connectivity index (χ2v) is 7.73. The van der Waals surface area contributed by atoms with Gasteiger partial charge in [-0.1, -0.05) is 18.2 Å². The lowest BCUT2D eigenvalue weighted by atomic mass is 10.2. The second kappa shape index (κ2) is 10.1. The molecule has 2 aromatic carbocycles. The van der Waals surface area contributed by atoms with Crippen LogP contribution >= 0.6 is 0 Å². The van der Waals surface area contributed by atoms with Crippen molar-refractivity contribution in [1.82, 2.24) is 9.78 Å². The van der Waals surface area contributed by atoms with E-state index in [1.807, 2.05) is 52.0 Å². The van der Waals surface area contributed by atoms with Crippen LogP contribution in [0.1, 0.15) is 36.4 Å². The molecule has 0 fully saturated rings. The van der Waals surface area contributed by atoms with E-state index in [2.05, 4.69) is 10.4 Å². The van der Waals surface area contributed by atoms with Gasteiger partial charge in [0.25, 0.3) is 0 Å². The topological polar surface area (TPSA) is 65.4 Å². The molecule has 0 spiro atoms. The summed E-state index contributed by atoms with van der Waals surface area (Å²) in [5.41, 5.74) is 3.74. The number of aryl methyl sites for hydroxylation is 1. The average molecular weight is 438 g/mol. The highest BCUT2D eigenvalue weighted by molar-refractivity contribution is 6.02. The number of carbonyl (C=O) groups is 1. The molecule has 3 rings (SSSR count). The number of amides is 1. The summed E-state index contributed by atoms with van der Waals surface area (Å²) >= 11 is 0. The molecule has 0 radical (unpaired) electrons. The van der Waals surface area contributed by atoms with Gasteiger partial charge >= 0.3 is 0 Å². The summed E-state index contributed by atoms with van der Waals surface area (Å²) in [4.78, 5) is 12.5. The molecule has 0 unspecified atom stereocenters. The Morgan fingerprint density at radius 1 is 1.19 bits per heavy atom. The van der Waals surface area contributed by atoms with Crippen molar-refractivity contribution in [2.75, 3.05) is 12.4 Å². The van der Waals surface area contributed by atoms with Gasteiger partial charge in [0.1, 0.15) is 5.82 Å². The normalized spacial score (nSPS) is 11.2. The molecule has 6 nitrogen and oxygen atoms in total. The van der Waals surface area contributed by atoms with E-state index in [0.29, 0.717) is 29.4 Å². The first-order valence-corrected chi connectivity index (χ1v) is 10.4. The molecule has 0 aliphatic carbocycles. The molecule has 0 bridgehead atoms. The van der Waals surface area contributed by atoms with Crippen LogP contribution in [0.25, 0.3) is 6.08 Å². The third kappa shape index (κ3) is 5.75. The van der Waals surface area contributed by atoms with Gasteiger partial charge in [0, 0.05) is 6.08 Å². The van der Waals surface area contributed by atoms with Gasteiger partial charge in [0.2, 0.25) is 5.91 Å². The Kier molecular flexibility index (Phi) is 7.30. The number of nitrogens with one attached hydrogen (secondary N) is 1. The van der Waals surface area contributed by atoms with Crippen LogP contribution in [0.4, 0.5) is 10.1 Å². The van der Waals surface area contributed by atoms with Gasteiger partial charge in [-0.2, -0.15) is 5.10 Å². The Balaban J connectivity index is 1.71. The highest BCUT2D eigenvalue weighted by atomic mass is 19.1. The molecule has 0 aliphatic heterocycles. The van der Waals surface area contributed by atoms with Gasteiger partial charge in [-0.05, 0) is 69.2 Å². The summed E-state index contributed by atoms with van der Waals surface area (Å²) in [5.74, 6) is 0.693. The molecule has 0 atom stereocenters. The van der Waals surface area contributed by atoms with Crippen molar-refractivity contribution in [1.29, 1.82) is 0 Å². The van der Waals surface area contributed by atoms with Crippen LogP contribution in [0.2, 0.25) is 0 Å². The maximum atomic E-state index is 13.5. The monoisotopic (exact) mass is 437 g/mol. The molecular weight excluding hydrogens is 409 g/mol. The van der Waals surface area contributed by atoms with Gasteiger partial charge in [0.05, 0.1) is 36.8 Å². The van der Waals surface area contributed by atoms with Crippen LogP contribution in [0.15, 0.2) is 48.5 Å².